The van der Waals surface area contributed by atoms with Crippen molar-refractivity contribution in [3.8, 4) is 0 Å². The highest BCUT2D eigenvalue weighted by Crippen LogP contribution is 2.13. The summed E-state index contributed by atoms with van der Waals surface area (Å²) >= 11 is 0. The van der Waals surface area contributed by atoms with Gasteiger partial charge >= 0.3 is 11.9 Å². The van der Waals surface area contributed by atoms with E-state index in [0.29, 0.717) is 6.61 Å². The molecule has 2 unspecified atom stereocenters. The van der Waals surface area contributed by atoms with Crippen LogP contribution in [0.5, 0.6) is 0 Å². The lowest BCUT2D eigenvalue weighted by molar-refractivity contribution is -0.164. The van der Waals surface area contributed by atoms with E-state index in [4.69, 9.17) is 9.47 Å². The Morgan fingerprint density at radius 2 is 1.50 bits per heavy atom. The second kappa shape index (κ2) is 13.6. The van der Waals surface area contributed by atoms with Crippen molar-refractivity contribution in [3.05, 3.63) is 0 Å². The molecule has 0 spiro atoms. The molecule has 0 heterocycles. The second-order valence-electron chi connectivity index (χ2n) is 5.91. The largest absolute Gasteiger partial charge is 0.465 e. The van der Waals surface area contributed by atoms with Crippen LogP contribution in [0.4, 0.5) is 0 Å². The van der Waals surface area contributed by atoms with E-state index in [2.05, 4.69) is 13.8 Å². The fraction of sp³-hybridized carbons (Fsp3) is 0.889. The van der Waals surface area contributed by atoms with E-state index in [1.54, 1.807) is 6.92 Å². The molecule has 0 rings (SSSR count). The molecule has 22 heavy (non-hydrogen) atoms. The summed E-state index contributed by atoms with van der Waals surface area (Å²) < 4.78 is 10.6. The Morgan fingerprint density at radius 3 is 2.09 bits per heavy atom. The van der Waals surface area contributed by atoms with Crippen molar-refractivity contribution in [2.45, 2.75) is 91.6 Å². The first-order valence-corrected chi connectivity index (χ1v) is 8.93. The number of carbonyl (C=O) groups is 2. The topological polar surface area (TPSA) is 52.6 Å². The van der Waals surface area contributed by atoms with E-state index in [9.17, 15) is 9.59 Å². The standard InChI is InChI=1S/C18H34O4/c1-5-8-10-12-14-21-17(19)15(4)18(20)22-16(7-3)13-11-9-6-2/h15-16H,5-14H2,1-4H3. The number of unbranched alkanes of at least 4 members (excludes halogenated alkanes) is 5. The minimum atomic E-state index is -0.827. The molecule has 0 aliphatic carbocycles. The Bertz CT molecular complexity index is 301. The predicted octanol–water partition coefficient (Wildman–Crippen LogP) is 4.65. The molecule has 4 heteroatoms. The average molecular weight is 314 g/mol. The number of esters is 2. The molecule has 0 bridgehead atoms. The Kier molecular flexibility index (Phi) is 12.9. The first kappa shape index (κ1) is 20.9. The summed E-state index contributed by atoms with van der Waals surface area (Å²) in [6.07, 6.45) is 9.11. The third-order valence-corrected chi connectivity index (χ3v) is 3.82. The van der Waals surface area contributed by atoms with E-state index < -0.39 is 17.9 Å². The lowest BCUT2D eigenvalue weighted by Gasteiger charge is -2.18. The van der Waals surface area contributed by atoms with Crippen molar-refractivity contribution in [1.82, 2.24) is 0 Å². The van der Waals surface area contributed by atoms with E-state index in [1.807, 2.05) is 6.92 Å². The SMILES string of the molecule is CCCCCCOC(=O)C(C)C(=O)OC(CC)CCCCC. The fourth-order valence-corrected chi connectivity index (χ4v) is 2.16. The maximum absolute atomic E-state index is 12.0. The van der Waals surface area contributed by atoms with Gasteiger partial charge in [0.15, 0.2) is 5.92 Å². The molecule has 0 fully saturated rings. The van der Waals surface area contributed by atoms with Gasteiger partial charge in [0.05, 0.1) is 6.61 Å². The predicted molar refractivity (Wildman–Crippen MR) is 88.6 cm³/mol. The van der Waals surface area contributed by atoms with Gasteiger partial charge < -0.3 is 9.47 Å². The average Bonchev–Trinajstić information content (AvgIpc) is 2.52. The van der Waals surface area contributed by atoms with Crippen molar-refractivity contribution in [2.24, 2.45) is 5.92 Å². The smallest absolute Gasteiger partial charge is 0.320 e. The summed E-state index contributed by atoms with van der Waals surface area (Å²) in [4.78, 5) is 23.8. The highest BCUT2D eigenvalue weighted by atomic mass is 16.6. The summed E-state index contributed by atoms with van der Waals surface area (Å²) in [5.41, 5.74) is 0. The molecule has 4 nitrogen and oxygen atoms in total. The van der Waals surface area contributed by atoms with E-state index in [0.717, 1.165) is 57.8 Å². The van der Waals surface area contributed by atoms with Crippen LogP contribution in [0.3, 0.4) is 0 Å². The Balaban J connectivity index is 4.03. The molecule has 0 saturated carbocycles. The van der Waals surface area contributed by atoms with Crippen molar-refractivity contribution in [1.29, 1.82) is 0 Å². The number of hydrogen-bond acceptors (Lipinski definition) is 4. The zero-order valence-electron chi connectivity index (χ0n) is 14.9. The number of rotatable bonds is 13. The number of ether oxygens (including phenoxy) is 2. The summed E-state index contributed by atoms with van der Waals surface area (Å²) in [6.45, 7) is 8.24. The summed E-state index contributed by atoms with van der Waals surface area (Å²) in [5, 5.41) is 0. The van der Waals surface area contributed by atoms with Crippen LogP contribution in [0.15, 0.2) is 0 Å². The summed E-state index contributed by atoms with van der Waals surface area (Å²) in [6, 6.07) is 0. The van der Waals surface area contributed by atoms with Crippen LogP contribution in [-0.4, -0.2) is 24.6 Å². The van der Waals surface area contributed by atoms with Gasteiger partial charge in [-0.1, -0.05) is 52.9 Å². The Labute approximate surface area is 135 Å². The van der Waals surface area contributed by atoms with Gasteiger partial charge in [-0.15, -0.1) is 0 Å². The highest BCUT2D eigenvalue weighted by molar-refractivity contribution is 5.94. The maximum atomic E-state index is 12.0. The van der Waals surface area contributed by atoms with Gasteiger partial charge in [-0.05, 0) is 32.6 Å². The molecular weight excluding hydrogens is 280 g/mol. The van der Waals surface area contributed by atoms with Crippen molar-refractivity contribution >= 4 is 11.9 Å². The van der Waals surface area contributed by atoms with Gasteiger partial charge in [0.25, 0.3) is 0 Å². The minimum Gasteiger partial charge on any atom is -0.465 e. The zero-order chi connectivity index (χ0) is 16.8. The third-order valence-electron chi connectivity index (χ3n) is 3.82. The van der Waals surface area contributed by atoms with Crippen LogP contribution in [0.1, 0.15) is 85.5 Å². The summed E-state index contributed by atoms with van der Waals surface area (Å²) in [5.74, 6) is -1.75. The van der Waals surface area contributed by atoms with Gasteiger partial charge in [-0.2, -0.15) is 0 Å². The van der Waals surface area contributed by atoms with Gasteiger partial charge in [0, 0.05) is 0 Å². The Morgan fingerprint density at radius 1 is 0.864 bits per heavy atom. The molecular formula is C18H34O4. The van der Waals surface area contributed by atoms with Gasteiger partial charge in [0.2, 0.25) is 0 Å². The first-order chi connectivity index (χ1) is 10.6. The minimum absolute atomic E-state index is 0.0844. The van der Waals surface area contributed by atoms with Crippen molar-refractivity contribution in [3.63, 3.8) is 0 Å². The van der Waals surface area contributed by atoms with E-state index >= 15 is 0 Å². The molecule has 130 valence electrons. The van der Waals surface area contributed by atoms with Gasteiger partial charge in [-0.3, -0.25) is 9.59 Å². The van der Waals surface area contributed by atoms with Crippen LogP contribution in [0, 0.1) is 5.92 Å². The number of hydrogen-bond donors (Lipinski definition) is 0. The molecule has 0 aromatic heterocycles. The molecule has 2 atom stereocenters. The molecule has 0 N–H and O–H groups in total. The van der Waals surface area contributed by atoms with Gasteiger partial charge in [-0.25, -0.2) is 0 Å². The normalized spacial score (nSPS) is 13.5. The monoisotopic (exact) mass is 314 g/mol. The van der Waals surface area contributed by atoms with Crippen LogP contribution >= 0.6 is 0 Å². The van der Waals surface area contributed by atoms with Crippen LogP contribution in [-0.2, 0) is 19.1 Å². The van der Waals surface area contributed by atoms with Gasteiger partial charge in [0.1, 0.15) is 6.10 Å². The molecule has 0 aromatic rings. The molecule has 0 aromatic carbocycles. The van der Waals surface area contributed by atoms with Crippen LogP contribution in [0.2, 0.25) is 0 Å². The number of carbonyl (C=O) groups excluding carboxylic acids is 2. The van der Waals surface area contributed by atoms with Crippen molar-refractivity contribution in [2.75, 3.05) is 6.61 Å². The quantitative estimate of drug-likeness (QED) is 0.282. The lowest BCUT2D eigenvalue weighted by atomic mass is 10.1. The molecule has 0 aliphatic heterocycles. The van der Waals surface area contributed by atoms with Crippen molar-refractivity contribution < 1.29 is 19.1 Å². The lowest BCUT2D eigenvalue weighted by Crippen LogP contribution is -2.29. The molecule has 0 aliphatic rings. The maximum Gasteiger partial charge on any atom is 0.320 e. The molecule has 0 radical (unpaired) electrons. The second-order valence-corrected chi connectivity index (χ2v) is 5.91. The summed E-state index contributed by atoms with van der Waals surface area (Å²) in [7, 11) is 0. The fourth-order valence-electron chi connectivity index (χ4n) is 2.16. The first-order valence-electron chi connectivity index (χ1n) is 8.93. The van der Waals surface area contributed by atoms with E-state index in [-0.39, 0.29) is 6.10 Å². The third kappa shape index (κ3) is 9.80. The zero-order valence-corrected chi connectivity index (χ0v) is 14.9. The Hall–Kier alpha value is -1.06. The molecule has 0 saturated heterocycles. The van der Waals surface area contributed by atoms with E-state index in [1.165, 1.54) is 0 Å². The molecule has 0 amide bonds. The highest BCUT2D eigenvalue weighted by Gasteiger charge is 2.26. The van der Waals surface area contributed by atoms with Crippen LogP contribution in [0.25, 0.3) is 0 Å². The van der Waals surface area contributed by atoms with Crippen LogP contribution < -0.4 is 0 Å².